The molecule has 1 radical (unpaired) electrons. The van der Waals surface area contributed by atoms with Crippen LogP contribution in [0.3, 0.4) is 0 Å². The molecule has 1 aromatic heterocycles. The van der Waals surface area contributed by atoms with Crippen LogP contribution in [0.15, 0.2) is 12.5 Å². The van der Waals surface area contributed by atoms with Crippen molar-refractivity contribution in [3.8, 4) is 0 Å². The van der Waals surface area contributed by atoms with Crippen LogP contribution in [0, 0.1) is 0 Å². The minimum absolute atomic E-state index is 0.256. The zero-order chi connectivity index (χ0) is 12.0. The Hall–Kier alpha value is -1.73. The summed E-state index contributed by atoms with van der Waals surface area (Å²) in [7, 11) is 0. The van der Waals surface area contributed by atoms with Crippen molar-refractivity contribution >= 4 is 12.2 Å². The Balaban J connectivity index is 2.44. The van der Waals surface area contributed by atoms with E-state index in [0.717, 1.165) is 0 Å². The van der Waals surface area contributed by atoms with Crippen LogP contribution in [0.2, 0.25) is 0 Å². The van der Waals surface area contributed by atoms with Crippen LogP contribution < -0.4 is 11.1 Å². The highest BCUT2D eigenvalue weighted by Crippen LogP contribution is 1.96. The predicted octanol–water partition coefficient (Wildman–Crippen LogP) is -2.13. The lowest BCUT2D eigenvalue weighted by molar-refractivity contribution is -0.122. The molecule has 0 aromatic carbocycles. The van der Waals surface area contributed by atoms with Crippen molar-refractivity contribution in [3.63, 3.8) is 0 Å². The maximum atomic E-state index is 11.4. The number of carbonyl (C=O) groups is 1. The Morgan fingerprint density at radius 3 is 3.00 bits per heavy atom. The monoisotopic (exact) mass is 225 g/mol. The number of hydrogen-bond donors (Lipinski definition) is 4. The fourth-order valence-electron chi connectivity index (χ4n) is 1.11. The van der Waals surface area contributed by atoms with E-state index in [-0.39, 0.29) is 6.42 Å². The van der Waals surface area contributed by atoms with E-state index >= 15 is 0 Å². The molecule has 0 bridgehead atoms. The van der Waals surface area contributed by atoms with Gasteiger partial charge >= 0.3 is 0 Å². The molecule has 0 fully saturated rings. The molecule has 1 aromatic rings. The zero-order valence-electron chi connectivity index (χ0n) is 8.51. The minimum atomic E-state index is -1.03. The fraction of sp³-hybridized carbons (Fsp3) is 0.444. The predicted molar refractivity (Wildman–Crippen MR) is 55.0 cm³/mol. The quantitative estimate of drug-likeness (QED) is 0.440. The van der Waals surface area contributed by atoms with Crippen LogP contribution >= 0.6 is 0 Å². The molecule has 5 N–H and O–H groups in total. The first kappa shape index (κ1) is 12.3. The maximum absolute atomic E-state index is 11.4. The average Bonchev–Trinajstić information content (AvgIpc) is 2.78. The first-order chi connectivity index (χ1) is 7.67. The molecule has 0 aliphatic carbocycles. The van der Waals surface area contributed by atoms with Gasteiger partial charge in [-0.15, -0.1) is 0 Å². The maximum Gasteiger partial charge on any atom is 0.237 e. The van der Waals surface area contributed by atoms with Gasteiger partial charge in [-0.3, -0.25) is 9.59 Å². The number of nitrogens with two attached hydrogens (primary N) is 1. The smallest absolute Gasteiger partial charge is 0.237 e. The molecule has 87 valence electrons. The third-order valence-electron chi connectivity index (χ3n) is 1.96. The van der Waals surface area contributed by atoms with Gasteiger partial charge in [-0.1, -0.05) is 0 Å². The number of aliphatic hydroxyl groups is 1. The topological polar surface area (TPSA) is 121 Å². The SMILES string of the molecule is N[C@@H](Cc1c[nH]cn1)C(=O)N[C@H]([C]=O)CO. The number of aliphatic hydroxyl groups excluding tert-OH is 1. The summed E-state index contributed by atoms with van der Waals surface area (Å²) in [5.41, 5.74) is 6.24. The van der Waals surface area contributed by atoms with E-state index in [0.29, 0.717) is 5.69 Å². The third-order valence-corrected chi connectivity index (χ3v) is 1.96. The highest BCUT2D eigenvalue weighted by atomic mass is 16.3. The molecule has 0 saturated carbocycles. The van der Waals surface area contributed by atoms with E-state index in [1.54, 1.807) is 6.20 Å². The Bertz CT molecular complexity index is 339. The van der Waals surface area contributed by atoms with Crippen LogP contribution in [0.4, 0.5) is 0 Å². The van der Waals surface area contributed by atoms with Gasteiger partial charge in [0, 0.05) is 12.6 Å². The van der Waals surface area contributed by atoms with Crippen LogP contribution in [-0.2, 0) is 16.0 Å². The Morgan fingerprint density at radius 1 is 1.75 bits per heavy atom. The molecule has 0 spiro atoms. The van der Waals surface area contributed by atoms with E-state index in [4.69, 9.17) is 10.8 Å². The van der Waals surface area contributed by atoms with E-state index in [1.165, 1.54) is 12.6 Å². The lowest BCUT2D eigenvalue weighted by Crippen LogP contribution is -2.48. The number of amides is 1. The highest BCUT2D eigenvalue weighted by molar-refractivity contribution is 5.84. The second-order valence-electron chi connectivity index (χ2n) is 3.23. The average molecular weight is 225 g/mol. The molecule has 0 unspecified atom stereocenters. The van der Waals surface area contributed by atoms with Crippen LogP contribution in [0.25, 0.3) is 0 Å². The molecular weight excluding hydrogens is 212 g/mol. The first-order valence-electron chi connectivity index (χ1n) is 4.69. The molecule has 1 amide bonds. The van der Waals surface area contributed by atoms with Crippen molar-refractivity contribution in [2.24, 2.45) is 5.73 Å². The second-order valence-corrected chi connectivity index (χ2v) is 3.23. The third kappa shape index (κ3) is 3.44. The van der Waals surface area contributed by atoms with Crippen molar-refractivity contribution in [2.75, 3.05) is 6.61 Å². The lowest BCUT2D eigenvalue weighted by Gasteiger charge is -2.13. The summed E-state index contributed by atoms with van der Waals surface area (Å²) in [6.07, 6.45) is 4.85. The lowest BCUT2D eigenvalue weighted by atomic mass is 10.1. The van der Waals surface area contributed by atoms with E-state index in [1.807, 2.05) is 0 Å². The van der Waals surface area contributed by atoms with Crippen LogP contribution in [0.5, 0.6) is 0 Å². The van der Waals surface area contributed by atoms with Gasteiger partial charge in [-0.05, 0) is 0 Å². The van der Waals surface area contributed by atoms with Crippen molar-refractivity contribution in [1.29, 1.82) is 0 Å². The number of hydrogen-bond acceptors (Lipinski definition) is 5. The van der Waals surface area contributed by atoms with Gasteiger partial charge in [-0.25, -0.2) is 4.98 Å². The standard InChI is InChI=1S/C9H13N4O3/c10-8(1-6-2-11-5-12-6)9(16)13-7(3-14)4-15/h2,5,7-8,14H,1,3,10H2,(H,11,12)(H,13,16)/t7-,8-/m0/s1. The molecule has 0 aliphatic rings. The summed E-state index contributed by atoms with van der Waals surface area (Å²) in [5.74, 6) is -0.523. The number of aromatic nitrogens is 2. The van der Waals surface area contributed by atoms with E-state index in [2.05, 4.69) is 15.3 Å². The van der Waals surface area contributed by atoms with Crippen LogP contribution in [0.1, 0.15) is 5.69 Å². The van der Waals surface area contributed by atoms with Gasteiger partial charge in [0.2, 0.25) is 12.2 Å². The van der Waals surface area contributed by atoms with Gasteiger partial charge < -0.3 is 21.1 Å². The largest absolute Gasteiger partial charge is 0.394 e. The first-order valence-corrected chi connectivity index (χ1v) is 4.69. The summed E-state index contributed by atoms with van der Waals surface area (Å²) < 4.78 is 0. The molecule has 1 rings (SSSR count). The molecule has 7 nitrogen and oxygen atoms in total. The van der Waals surface area contributed by atoms with Gasteiger partial charge in [-0.2, -0.15) is 0 Å². The van der Waals surface area contributed by atoms with Gasteiger partial charge in [0.05, 0.1) is 24.7 Å². The fourth-order valence-corrected chi connectivity index (χ4v) is 1.11. The number of rotatable bonds is 6. The van der Waals surface area contributed by atoms with Crippen molar-refractivity contribution < 1.29 is 14.7 Å². The van der Waals surface area contributed by atoms with Gasteiger partial charge in [0.15, 0.2) is 0 Å². The van der Waals surface area contributed by atoms with Crippen molar-refractivity contribution in [3.05, 3.63) is 18.2 Å². The summed E-state index contributed by atoms with van der Waals surface area (Å²) >= 11 is 0. The zero-order valence-corrected chi connectivity index (χ0v) is 8.51. The van der Waals surface area contributed by atoms with Gasteiger partial charge in [0.25, 0.3) is 0 Å². The number of H-pyrrole nitrogens is 1. The van der Waals surface area contributed by atoms with Gasteiger partial charge in [0.1, 0.15) is 6.04 Å². The summed E-state index contributed by atoms with van der Waals surface area (Å²) in [5, 5.41) is 10.9. The van der Waals surface area contributed by atoms with E-state index < -0.39 is 24.6 Å². The molecule has 0 saturated heterocycles. The molecule has 1 heterocycles. The number of imidazole rings is 1. The van der Waals surface area contributed by atoms with E-state index in [9.17, 15) is 9.59 Å². The normalized spacial score (nSPS) is 14.1. The number of aromatic amines is 1. The molecule has 16 heavy (non-hydrogen) atoms. The number of nitrogens with zero attached hydrogens (tertiary/aromatic N) is 1. The van der Waals surface area contributed by atoms with Crippen molar-refractivity contribution in [2.45, 2.75) is 18.5 Å². The molecule has 7 heteroatoms. The Morgan fingerprint density at radius 2 is 2.50 bits per heavy atom. The summed E-state index contributed by atoms with van der Waals surface area (Å²) in [6, 6.07) is -1.84. The molecule has 0 aliphatic heterocycles. The molecule has 2 atom stereocenters. The number of nitrogens with one attached hydrogen (secondary N) is 2. The Kier molecular flexibility index (Phi) is 4.62. The Labute approximate surface area is 92.1 Å². The summed E-state index contributed by atoms with van der Waals surface area (Å²) in [6.45, 7) is -0.496. The highest BCUT2D eigenvalue weighted by Gasteiger charge is 2.18. The van der Waals surface area contributed by atoms with Crippen LogP contribution in [-0.4, -0.2) is 46.0 Å². The summed E-state index contributed by atoms with van der Waals surface area (Å²) in [4.78, 5) is 28.3. The van der Waals surface area contributed by atoms with Crippen molar-refractivity contribution in [1.82, 2.24) is 15.3 Å². The second kappa shape index (κ2) is 5.99. The minimum Gasteiger partial charge on any atom is -0.394 e. The number of carbonyl (C=O) groups excluding carboxylic acids is 2. The molecular formula is C9H13N4O3.